The summed E-state index contributed by atoms with van der Waals surface area (Å²) >= 11 is 2.09. The van der Waals surface area contributed by atoms with Crippen LogP contribution in [-0.2, 0) is 37.1 Å². The number of carboxylic acid groups (broad SMARTS) is 2. The second kappa shape index (κ2) is 11.6. The number of oxime groups is 1. The van der Waals surface area contributed by atoms with Crippen LogP contribution in [-0.4, -0.2) is 88.7 Å². The molecule has 3 aromatic rings. The van der Waals surface area contributed by atoms with Gasteiger partial charge in [0.1, 0.15) is 22.6 Å². The van der Waals surface area contributed by atoms with Crippen LogP contribution in [0.5, 0.6) is 0 Å². The van der Waals surface area contributed by atoms with Gasteiger partial charge in [-0.25, -0.2) is 9.59 Å². The van der Waals surface area contributed by atoms with E-state index in [1.165, 1.54) is 30.5 Å². The van der Waals surface area contributed by atoms with Gasteiger partial charge in [-0.3, -0.25) is 14.5 Å². The zero-order valence-electron chi connectivity index (χ0n) is 23.2. The van der Waals surface area contributed by atoms with E-state index in [1.54, 1.807) is 0 Å². The number of hydrogen-bond acceptors (Lipinski definition) is 12. The van der Waals surface area contributed by atoms with Crippen molar-refractivity contribution in [3.63, 3.8) is 0 Å². The van der Waals surface area contributed by atoms with Gasteiger partial charge in [-0.15, -0.1) is 11.8 Å². The van der Waals surface area contributed by atoms with Crippen molar-refractivity contribution in [3.8, 4) is 0 Å². The topological polar surface area (TPSA) is 229 Å². The van der Waals surface area contributed by atoms with Gasteiger partial charge in [0.2, 0.25) is 22.7 Å². The SMILES string of the molecule is CNCc1c[nH]c2ccc[n+](CC3=C(C(=O)O)N4C(=O)C(NC(=O)C(=NOC(C)(C)C(=O)O)c5nsc(N)n5)C4SC3)c12. The summed E-state index contributed by atoms with van der Waals surface area (Å²) in [6, 6.07) is 2.69. The van der Waals surface area contributed by atoms with Crippen LogP contribution in [0.1, 0.15) is 25.2 Å². The van der Waals surface area contributed by atoms with Crippen LogP contribution in [0.3, 0.4) is 0 Å². The number of carbonyl (C=O) groups excluding carboxylic acids is 2. The Morgan fingerprint density at radius 3 is 2.77 bits per heavy atom. The predicted octanol–water partition coefficient (Wildman–Crippen LogP) is -0.369. The molecule has 2 amide bonds. The predicted molar refractivity (Wildman–Crippen MR) is 155 cm³/mol. The van der Waals surface area contributed by atoms with E-state index in [9.17, 15) is 29.4 Å². The highest BCUT2D eigenvalue weighted by atomic mass is 32.2. The second-order valence-corrected chi connectivity index (χ2v) is 12.1. The lowest BCUT2D eigenvalue weighted by Gasteiger charge is -2.49. The average molecular weight is 631 g/mol. The molecule has 1 saturated heterocycles. The summed E-state index contributed by atoms with van der Waals surface area (Å²) in [6.07, 6.45) is 3.75. The number of β-lactam (4-membered cyclic amide) rings is 1. The van der Waals surface area contributed by atoms with E-state index in [-0.39, 0.29) is 23.2 Å². The fourth-order valence-corrected chi connectivity index (χ4v) is 6.42. The van der Waals surface area contributed by atoms with Crippen LogP contribution < -0.4 is 20.9 Å². The van der Waals surface area contributed by atoms with E-state index in [0.29, 0.717) is 17.9 Å². The largest absolute Gasteiger partial charge is 0.478 e. The fourth-order valence-electron chi connectivity index (χ4n) is 4.65. The molecule has 2 atom stereocenters. The Labute approximate surface area is 252 Å². The number of aliphatic carboxylic acids is 2. The molecule has 0 radical (unpaired) electrons. The number of nitrogens with two attached hydrogens (primary N) is 1. The Hall–Kier alpha value is -4.55. The maximum absolute atomic E-state index is 13.3. The number of aromatic amines is 1. The molecule has 5 rings (SSSR count). The average Bonchev–Trinajstić information content (AvgIpc) is 3.58. The third-order valence-electron chi connectivity index (χ3n) is 6.79. The van der Waals surface area contributed by atoms with Crippen molar-refractivity contribution in [2.75, 3.05) is 18.5 Å². The van der Waals surface area contributed by atoms with Crippen molar-refractivity contribution in [3.05, 3.63) is 47.2 Å². The number of amides is 2. The number of nitrogens with zero attached hydrogens (tertiary/aromatic N) is 5. The number of anilines is 1. The Morgan fingerprint density at radius 2 is 2.12 bits per heavy atom. The summed E-state index contributed by atoms with van der Waals surface area (Å²) in [5, 5.41) is 28.2. The molecule has 2 aliphatic rings. The van der Waals surface area contributed by atoms with Crippen LogP contribution in [0.25, 0.3) is 11.0 Å². The van der Waals surface area contributed by atoms with Crippen molar-refractivity contribution in [2.45, 2.75) is 44.0 Å². The number of hydrogen-bond donors (Lipinski definition) is 6. The van der Waals surface area contributed by atoms with Crippen molar-refractivity contribution < 1.29 is 38.8 Å². The number of nitrogen functional groups attached to an aromatic ring is 1. The van der Waals surface area contributed by atoms with Crippen LogP contribution in [0.15, 0.2) is 41.0 Å². The number of fused-ring (bicyclic) bond motifs is 2. The van der Waals surface area contributed by atoms with E-state index in [1.807, 2.05) is 36.1 Å². The number of H-pyrrole nitrogens is 1. The first-order valence-corrected chi connectivity index (χ1v) is 14.7. The zero-order chi connectivity index (χ0) is 31.1. The number of carbonyl (C=O) groups is 4. The van der Waals surface area contributed by atoms with E-state index in [4.69, 9.17) is 10.6 Å². The first-order valence-electron chi connectivity index (χ1n) is 12.9. The molecule has 2 aliphatic heterocycles. The van der Waals surface area contributed by atoms with E-state index in [0.717, 1.165) is 28.1 Å². The van der Waals surface area contributed by atoms with Crippen LogP contribution >= 0.6 is 23.3 Å². The Morgan fingerprint density at radius 1 is 1.35 bits per heavy atom. The van der Waals surface area contributed by atoms with Gasteiger partial charge in [0.15, 0.2) is 17.9 Å². The molecule has 226 valence electrons. The summed E-state index contributed by atoms with van der Waals surface area (Å²) < 4.78 is 5.89. The van der Waals surface area contributed by atoms with Gasteiger partial charge in [-0.05, 0) is 27.0 Å². The van der Waals surface area contributed by atoms with E-state index in [2.05, 4.69) is 30.1 Å². The third kappa shape index (κ3) is 5.63. The lowest BCUT2D eigenvalue weighted by molar-refractivity contribution is -0.663. The van der Waals surface area contributed by atoms with Gasteiger partial charge in [0.05, 0.1) is 5.56 Å². The first-order chi connectivity index (χ1) is 20.4. The molecule has 5 heterocycles. The Balaban J connectivity index is 1.39. The van der Waals surface area contributed by atoms with Crippen molar-refractivity contribution in [2.24, 2.45) is 5.16 Å². The van der Waals surface area contributed by atoms with E-state index < -0.39 is 46.5 Å². The molecule has 1 fully saturated rings. The van der Waals surface area contributed by atoms with E-state index >= 15 is 0 Å². The van der Waals surface area contributed by atoms with Crippen molar-refractivity contribution in [1.82, 2.24) is 29.9 Å². The van der Waals surface area contributed by atoms with Crippen LogP contribution in [0.4, 0.5) is 5.13 Å². The van der Waals surface area contributed by atoms with Gasteiger partial charge in [-0.1, -0.05) is 5.16 Å². The number of rotatable bonds is 11. The van der Waals surface area contributed by atoms with Gasteiger partial charge in [0.25, 0.3) is 11.8 Å². The lowest BCUT2D eigenvalue weighted by atomic mass is 10.0. The Bertz CT molecular complexity index is 1700. The quantitative estimate of drug-likeness (QED) is 0.0690. The van der Waals surface area contributed by atoms with Crippen LogP contribution in [0, 0.1) is 0 Å². The first kappa shape index (κ1) is 29.9. The van der Waals surface area contributed by atoms with Gasteiger partial charge in [0, 0.05) is 41.7 Å². The Kier molecular flexibility index (Phi) is 8.08. The van der Waals surface area contributed by atoms with Crippen LogP contribution in [0.2, 0.25) is 0 Å². The fraction of sp³-hybridized carbons (Fsp3) is 0.360. The lowest BCUT2D eigenvalue weighted by Crippen LogP contribution is -2.71. The summed E-state index contributed by atoms with van der Waals surface area (Å²) in [5.41, 5.74) is 6.58. The summed E-state index contributed by atoms with van der Waals surface area (Å²) in [6.45, 7) is 3.30. The molecule has 3 aromatic heterocycles. The van der Waals surface area contributed by atoms with Gasteiger partial charge in [-0.2, -0.15) is 13.9 Å². The van der Waals surface area contributed by atoms with Gasteiger partial charge < -0.3 is 36.4 Å². The molecule has 0 aliphatic carbocycles. The summed E-state index contributed by atoms with van der Waals surface area (Å²) in [7, 11) is 1.83. The maximum Gasteiger partial charge on any atom is 0.352 e. The standard InChI is InChI=1S/C25H27N9O7S2/c1-25(2,23(39)40)41-31-14(18-30-24(26)43-32-18)19(35)29-15-20(36)34-17(22(37)38)12(10-42-21(15)34)9-33-6-4-5-13-16(33)11(7-27-3)8-28-13/h4-6,8,15,21,27H,7,9-10H2,1-3H3,(H5,26,29,30,32,35,37,38,39,40)/p+1. The molecule has 43 heavy (non-hydrogen) atoms. The number of nitrogens with one attached hydrogen (secondary N) is 3. The second-order valence-electron chi connectivity index (χ2n) is 10.2. The summed E-state index contributed by atoms with van der Waals surface area (Å²) in [4.78, 5) is 63.9. The number of thioether (sulfide) groups is 1. The molecule has 0 bridgehead atoms. The monoisotopic (exact) mass is 630 g/mol. The normalized spacial score (nSPS) is 18.8. The highest BCUT2D eigenvalue weighted by Crippen LogP contribution is 2.40. The zero-order valence-corrected chi connectivity index (χ0v) is 24.8. The number of aromatic nitrogens is 4. The minimum Gasteiger partial charge on any atom is -0.478 e. The highest BCUT2D eigenvalue weighted by Gasteiger charge is 2.55. The highest BCUT2D eigenvalue weighted by molar-refractivity contribution is 8.00. The van der Waals surface area contributed by atoms with Crippen molar-refractivity contribution >= 4 is 68.9 Å². The number of pyridine rings is 1. The molecule has 2 unspecified atom stereocenters. The van der Waals surface area contributed by atoms with Gasteiger partial charge >= 0.3 is 11.9 Å². The molecular formula is C25H28N9O7S2+. The molecule has 18 heteroatoms. The smallest absolute Gasteiger partial charge is 0.352 e. The summed E-state index contributed by atoms with van der Waals surface area (Å²) in [5.74, 6) is -4.07. The molecule has 16 nitrogen and oxygen atoms in total. The molecule has 7 N–H and O–H groups in total. The minimum absolute atomic E-state index is 0.0248. The van der Waals surface area contributed by atoms with Crippen molar-refractivity contribution in [1.29, 1.82) is 0 Å². The maximum atomic E-state index is 13.3. The molecule has 0 spiro atoms. The minimum atomic E-state index is -1.79. The molecule has 0 aromatic carbocycles. The molecular weight excluding hydrogens is 602 g/mol. The number of carboxylic acids is 2. The molecule has 0 saturated carbocycles. The third-order valence-corrected chi connectivity index (χ3v) is 8.67.